The molecule has 74 valence electrons. The molecule has 0 amide bonds. The van der Waals surface area contributed by atoms with Gasteiger partial charge in [0, 0.05) is 23.4 Å². The molecule has 0 unspecified atom stereocenters. The lowest BCUT2D eigenvalue weighted by molar-refractivity contribution is 0.295. The van der Waals surface area contributed by atoms with Crippen molar-refractivity contribution in [3.63, 3.8) is 0 Å². The Kier molecular flexibility index (Phi) is 2.44. The Hall–Kier alpha value is -1.06. The van der Waals surface area contributed by atoms with Gasteiger partial charge in [-0.05, 0) is 24.6 Å². The third kappa shape index (κ3) is 1.49. The van der Waals surface area contributed by atoms with E-state index in [1.54, 1.807) is 0 Å². The Morgan fingerprint density at radius 2 is 2.29 bits per heavy atom. The zero-order chi connectivity index (χ0) is 10.1. The van der Waals surface area contributed by atoms with Crippen LogP contribution in [0.4, 0.5) is 0 Å². The molecule has 1 aromatic carbocycles. The second-order valence-corrected chi connectivity index (χ2v) is 3.61. The number of hydrogen-bond donors (Lipinski definition) is 1. The van der Waals surface area contributed by atoms with Crippen molar-refractivity contribution in [1.29, 1.82) is 0 Å². The van der Waals surface area contributed by atoms with Crippen LogP contribution in [0.3, 0.4) is 0 Å². The molecule has 0 bridgehead atoms. The Balaban J connectivity index is 2.61. The lowest BCUT2D eigenvalue weighted by atomic mass is 10.1. The van der Waals surface area contributed by atoms with Crippen LogP contribution in [0.25, 0.3) is 11.0 Å². The molecule has 1 heterocycles. The largest absolute Gasteiger partial charge is 0.396 e. The van der Waals surface area contributed by atoms with Gasteiger partial charge in [-0.25, -0.2) is 0 Å². The van der Waals surface area contributed by atoms with Gasteiger partial charge < -0.3 is 9.63 Å². The standard InChI is InChI=1S/C10H10ClNO2/c1-6-4-10-7(5-8(6)11)9(2-3-13)12-14-10/h4-5,13H,2-3H2,1H3. The average molecular weight is 212 g/mol. The summed E-state index contributed by atoms with van der Waals surface area (Å²) in [6.45, 7) is 1.98. The van der Waals surface area contributed by atoms with E-state index in [4.69, 9.17) is 21.2 Å². The fourth-order valence-electron chi connectivity index (χ4n) is 1.40. The van der Waals surface area contributed by atoms with Crippen LogP contribution >= 0.6 is 11.6 Å². The summed E-state index contributed by atoms with van der Waals surface area (Å²) in [4.78, 5) is 0. The van der Waals surface area contributed by atoms with Gasteiger partial charge in [0.15, 0.2) is 5.58 Å². The van der Waals surface area contributed by atoms with E-state index in [1.807, 2.05) is 19.1 Å². The lowest BCUT2D eigenvalue weighted by Crippen LogP contribution is -1.90. The predicted molar refractivity (Wildman–Crippen MR) is 54.5 cm³/mol. The Morgan fingerprint density at radius 3 is 3.00 bits per heavy atom. The highest BCUT2D eigenvalue weighted by atomic mass is 35.5. The van der Waals surface area contributed by atoms with E-state index in [2.05, 4.69) is 5.16 Å². The van der Waals surface area contributed by atoms with Crippen molar-refractivity contribution >= 4 is 22.6 Å². The number of hydrogen-bond acceptors (Lipinski definition) is 3. The SMILES string of the molecule is Cc1cc2onc(CCO)c2cc1Cl. The zero-order valence-electron chi connectivity index (χ0n) is 7.75. The van der Waals surface area contributed by atoms with Crippen LogP contribution < -0.4 is 0 Å². The van der Waals surface area contributed by atoms with Gasteiger partial charge in [-0.15, -0.1) is 0 Å². The maximum absolute atomic E-state index is 8.81. The summed E-state index contributed by atoms with van der Waals surface area (Å²) in [5, 5.41) is 14.3. The first-order chi connectivity index (χ1) is 6.72. The van der Waals surface area contributed by atoms with E-state index in [9.17, 15) is 0 Å². The number of halogens is 1. The Bertz CT molecular complexity index is 464. The summed E-state index contributed by atoms with van der Waals surface area (Å²) in [6.07, 6.45) is 0.492. The van der Waals surface area contributed by atoms with Crippen LogP contribution in [-0.2, 0) is 6.42 Å². The number of aliphatic hydroxyl groups excluding tert-OH is 1. The van der Waals surface area contributed by atoms with Crippen molar-refractivity contribution in [2.75, 3.05) is 6.61 Å². The maximum atomic E-state index is 8.81. The van der Waals surface area contributed by atoms with Crippen LogP contribution in [0.15, 0.2) is 16.7 Å². The highest BCUT2D eigenvalue weighted by Gasteiger charge is 2.09. The molecule has 14 heavy (non-hydrogen) atoms. The minimum Gasteiger partial charge on any atom is -0.396 e. The second-order valence-electron chi connectivity index (χ2n) is 3.20. The molecule has 0 spiro atoms. The minimum atomic E-state index is 0.0626. The number of aromatic nitrogens is 1. The normalized spacial score (nSPS) is 11.1. The molecule has 1 N–H and O–H groups in total. The smallest absolute Gasteiger partial charge is 0.167 e. The van der Waals surface area contributed by atoms with Gasteiger partial charge in [0.2, 0.25) is 0 Å². The van der Waals surface area contributed by atoms with E-state index in [0.29, 0.717) is 11.4 Å². The first-order valence-electron chi connectivity index (χ1n) is 4.37. The first-order valence-corrected chi connectivity index (χ1v) is 4.75. The quantitative estimate of drug-likeness (QED) is 0.829. The Labute approximate surface area is 86.3 Å². The molecular weight excluding hydrogens is 202 g/mol. The van der Waals surface area contributed by atoms with Gasteiger partial charge in [-0.1, -0.05) is 16.8 Å². The lowest BCUT2D eigenvalue weighted by Gasteiger charge is -1.96. The third-order valence-electron chi connectivity index (χ3n) is 2.17. The van der Waals surface area contributed by atoms with E-state index >= 15 is 0 Å². The Morgan fingerprint density at radius 1 is 1.50 bits per heavy atom. The molecule has 0 aliphatic carbocycles. The molecule has 2 aromatic rings. The molecule has 0 atom stereocenters. The van der Waals surface area contributed by atoms with Crippen molar-refractivity contribution in [2.45, 2.75) is 13.3 Å². The summed E-state index contributed by atoms with van der Waals surface area (Å²) < 4.78 is 5.12. The summed E-state index contributed by atoms with van der Waals surface area (Å²) >= 11 is 5.98. The summed E-state index contributed by atoms with van der Waals surface area (Å²) in [5.74, 6) is 0. The molecule has 0 saturated carbocycles. The molecule has 4 heteroatoms. The molecule has 3 nitrogen and oxygen atoms in total. The summed E-state index contributed by atoms with van der Waals surface area (Å²) in [5.41, 5.74) is 2.44. The minimum absolute atomic E-state index is 0.0626. The highest BCUT2D eigenvalue weighted by molar-refractivity contribution is 6.32. The van der Waals surface area contributed by atoms with Crippen molar-refractivity contribution in [3.8, 4) is 0 Å². The van der Waals surface area contributed by atoms with Crippen LogP contribution in [0, 0.1) is 6.92 Å². The van der Waals surface area contributed by atoms with Gasteiger partial charge in [0.25, 0.3) is 0 Å². The molecular formula is C10H10ClNO2. The predicted octanol–water partition coefficient (Wildman–Crippen LogP) is 2.32. The number of nitrogens with zero attached hydrogens (tertiary/aromatic N) is 1. The van der Waals surface area contributed by atoms with E-state index in [-0.39, 0.29) is 6.61 Å². The van der Waals surface area contributed by atoms with Crippen molar-refractivity contribution in [3.05, 3.63) is 28.4 Å². The number of aryl methyl sites for hydroxylation is 1. The third-order valence-corrected chi connectivity index (χ3v) is 2.58. The van der Waals surface area contributed by atoms with Gasteiger partial charge in [-0.2, -0.15) is 0 Å². The monoisotopic (exact) mass is 211 g/mol. The molecule has 1 aromatic heterocycles. The number of aliphatic hydroxyl groups is 1. The maximum Gasteiger partial charge on any atom is 0.167 e. The molecule has 0 aliphatic heterocycles. The van der Waals surface area contributed by atoms with Crippen molar-refractivity contribution in [2.24, 2.45) is 0 Å². The van der Waals surface area contributed by atoms with E-state index < -0.39 is 0 Å². The summed E-state index contributed by atoms with van der Waals surface area (Å²) in [6, 6.07) is 3.68. The molecule has 0 saturated heterocycles. The second kappa shape index (κ2) is 3.59. The van der Waals surface area contributed by atoms with Crippen LogP contribution in [-0.4, -0.2) is 16.9 Å². The van der Waals surface area contributed by atoms with Crippen LogP contribution in [0.2, 0.25) is 5.02 Å². The van der Waals surface area contributed by atoms with Crippen LogP contribution in [0.1, 0.15) is 11.3 Å². The number of benzene rings is 1. The number of fused-ring (bicyclic) bond motifs is 1. The van der Waals surface area contributed by atoms with Crippen LogP contribution in [0.5, 0.6) is 0 Å². The van der Waals surface area contributed by atoms with Crippen molar-refractivity contribution < 1.29 is 9.63 Å². The highest BCUT2D eigenvalue weighted by Crippen LogP contribution is 2.25. The molecule has 0 radical (unpaired) electrons. The molecule has 0 fully saturated rings. The zero-order valence-corrected chi connectivity index (χ0v) is 8.51. The van der Waals surface area contributed by atoms with E-state index in [0.717, 1.165) is 22.2 Å². The average Bonchev–Trinajstić information content (AvgIpc) is 2.51. The molecule has 2 rings (SSSR count). The molecule has 0 aliphatic rings. The van der Waals surface area contributed by atoms with Gasteiger partial charge >= 0.3 is 0 Å². The van der Waals surface area contributed by atoms with E-state index in [1.165, 1.54) is 0 Å². The first kappa shape index (κ1) is 9.49. The van der Waals surface area contributed by atoms with Gasteiger partial charge in [-0.3, -0.25) is 0 Å². The number of rotatable bonds is 2. The summed E-state index contributed by atoms with van der Waals surface area (Å²) in [7, 11) is 0. The fourth-order valence-corrected chi connectivity index (χ4v) is 1.56. The van der Waals surface area contributed by atoms with Crippen molar-refractivity contribution in [1.82, 2.24) is 5.16 Å². The van der Waals surface area contributed by atoms with Gasteiger partial charge in [0.05, 0.1) is 5.69 Å². The topological polar surface area (TPSA) is 46.3 Å². The van der Waals surface area contributed by atoms with Gasteiger partial charge in [0.1, 0.15) is 0 Å². The fraction of sp³-hybridized carbons (Fsp3) is 0.300.